The van der Waals surface area contributed by atoms with Crippen LogP contribution in [0.3, 0.4) is 0 Å². The van der Waals surface area contributed by atoms with Gasteiger partial charge in [0, 0.05) is 24.0 Å². The molecule has 0 amide bonds. The summed E-state index contributed by atoms with van der Waals surface area (Å²) in [7, 11) is 0. The van der Waals surface area contributed by atoms with Crippen molar-refractivity contribution < 1.29 is 0 Å². The summed E-state index contributed by atoms with van der Waals surface area (Å²) in [5.74, 6) is 0.786. The summed E-state index contributed by atoms with van der Waals surface area (Å²) in [5, 5.41) is 3.58. The normalized spacial score (nSPS) is 12.9. The molecular formula is C14H25N3. The molecule has 1 N–H and O–H groups in total. The Morgan fingerprint density at radius 2 is 1.88 bits per heavy atom. The molecule has 0 bridgehead atoms. The molecule has 0 aliphatic heterocycles. The fraction of sp³-hybridized carbons (Fsp3) is 0.714. The summed E-state index contributed by atoms with van der Waals surface area (Å²) in [5.41, 5.74) is 1.21. The van der Waals surface area contributed by atoms with Crippen LogP contribution in [0.5, 0.6) is 0 Å². The van der Waals surface area contributed by atoms with Gasteiger partial charge in [-0.2, -0.15) is 0 Å². The Labute approximate surface area is 105 Å². The van der Waals surface area contributed by atoms with Crippen LogP contribution in [0, 0.1) is 5.92 Å². The molecule has 0 aliphatic carbocycles. The van der Waals surface area contributed by atoms with Crippen molar-refractivity contribution in [2.75, 3.05) is 6.54 Å². The largest absolute Gasteiger partial charge is 0.310 e. The average molecular weight is 235 g/mol. The summed E-state index contributed by atoms with van der Waals surface area (Å²) in [6.07, 6.45) is 10.3. The molecule has 0 saturated carbocycles. The average Bonchev–Trinajstić information content (AvgIpc) is 2.34. The fourth-order valence-corrected chi connectivity index (χ4v) is 1.93. The number of rotatable bonds is 8. The molecule has 1 unspecified atom stereocenters. The molecule has 96 valence electrons. The molecular weight excluding hydrogens is 210 g/mol. The SMILES string of the molecule is CCCNC(CCCC(C)C)c1cncnc1. The van der Waals surface area contributed by atoms with E-state index in [1.807, 2.05) is 12.4 Å². The lowest BCUT2D eigenvalue weighted by Crippen LogP contribution is -2.22. The van der Waals surface area contributed by atoms with Crippen molar-refractivity contribution in [1.82, 2.24) is 15.3 Å². The second kappa shape index (κ2) is 8.18. The first-order valence-electron chi connectivity index (χ1n) is 6.72. The minimum Gasteiger partial charge on any atom is -0.310 e. The molecule has 3 nitrogen and oxygen atoms in total. The smallest absolute Gasteiger partial charge is 0.115 e. The Kier molecular flexibility index (Phi) is 6.78. The lowest BCUT2D eigenvalue weighted by Gasteiger charge is -2.18. The van der Waals surface area contributed by atoms with Gasteiger partial charge in [-0.25, -0.2) is 9.97 Å². The van der Waals surface area contributed by atoms with Crippen LogP contribution in [0.2, 0.25) is 0 Å². The molecule has 0 radical (unpaired) electrons. The summed E-state index contributed by atoms with van der Waals surface area (Å²) in [6, 6.07) is 0.412. The quantitative estimate of drug-likeness (QED) is 0.751. The Bertz CT molecular complexity index is 285. The van der Waals surface area contributed by atoms with Crippen LogP contribution < -0.4 is 5.32 Å². The highest BCUT2D eigenvalue weighted by atomic mass is 14.9. The van der Waals surface area contributed by atoms with Gasteiger partial charge in [-0.15, -0.1) is 0 Å². The van der Waals surface area contributed by atoms with Crippen LogP contribution in [0.25, 0.3) is 0 Å². The first-order valence-corrected chi connectivity index (χ1v) is 6.72. The van der Waals surface area contributed by atoms with Crippen molar-refractivity contribution in [2.45, 2.75) is 52.5 Å². The van der Waals surface area contributed by atoms with E-state index in [0.717, 1.165) is 18.9 Å². The van der Waals surface area contributed by atoms with Crippen molar-refractivity contribution in [1.29, 1.82) is 0 Å². The van der Waals surface area contributed by atoms with Crippen LogP contribution in [0.4, 0.5) is 0 Å². The van der Waals surface area contributed by atoms with Gasteiger partial charge in [0.15, 0.2) is 0 Å². The lowest BCUT2D eigenvalue weighted by atomic mass is 9.99. The zero-order valence-electron chi connectivity index (χ0n) is 11.3. The number of nitrogens with one attached hydrogen (secondary N) is 1. The topological polar surface area (TPSA) is 37.8 Å². The zero-order valence-corrected chi connectivity index (χ0v) is 11.3. The van der Waals surface area contributed by atoms with E-state index in [1.165, 1.54) is 24.8 Å². The summed E-state index contributed by atoms with van der Waals surface area (Å²) >= 11 is 0. The maximum atomic E-state index is 4.11. The van der Waals surface area contributed by atoms with E-state index in [9.17, 15) is 0 Å². The van der Waals surface area contributed by atoms with Gasteiger partial charge in [-0.1, -0.05) is 33.6 Å². The van der Waals surface area contributed by atoms with Crippen molar-refractivity contribution in [3.63, 3.8) is 0 Å². The lowest BCUT2D eigenvalue weighted by molar-refractivity contribution is 0.446. The molecule has 3 heteroatoms. The van der Waals surface area contributed by atoms with Gasteiger partial charge in [-0.05, 0) is 25.3 Å². The standard InChI is InChI=1S/C14H25N3/c1-4-8-17-14(7-5-6-12(2)3)13-9-15-11-16-10-13/h9-12,14,17H,4-8H2,1-3H3. The monoisotopic (exact) mass is 235 g/mol. The highest BCUT2D eigenvalue weighted by Crippen LogP contribution is 2.19. The van der Waals surface area contributed by atoms with Gasteiger partial charge in [0.25, 0.3) is 0 Å². The van der Waals surface area contributed by atoms with Crippen molar-refractivity contribution in [3.8, 4) is 0 Å². The first kappa shape index (κ1) is 14.1. The minimum atomic E-state index is 0.412. The molecule has 1 rings (SSSR count). The molecule has 1 heterocycles. The maximum Gasteiger partial charge on any atom is 0.115 e. The third-order valence-corrected chi connectivity index (χ3v) is 2.90. The van der Waals surface area contributed by atoms with Gasteiger partial charge >= 0.3 is 0 Å². The summed E-state index contributed by atoms with van der Waals surface area (Å²) in [4.78, 5) is 8.21. The number of aromatic nitrogens is 2. The predicted octanol–water partition coefficient (Wildman–Crippen LogP) is 3.34. The molecule has 1 aromatic rings. The van der Waals surface area contributed by atoms with Crippen LogP contribution in [-0.4, -0.2) is 16.5 Å². The first-order chi connectivity index (χ1) is 8.24. The third-order valence-electron chi connectivity index (χ3n) is 2.90. The minimum absolute atomic E-state index is 0.412. The third kappa shape index (κ3) is 5.78. The van der Waals surface area contributed by atoms with E-state index in [-0.39, 0.29) is 0 Å². The van der Waals surface area contributed by atoms with Gasteiger partial charge in [0.2, 0.25) is 0 Å². The van der Waals surface area contributed by atoms with E-state index in [4.69, 9.17) is 0 Å². The van der Waals surface area contributed by atoms with E-state index < -0.39 is 0 Å². The summed E-state index contributed by atoms with van der Waals surface area (Å²) in [6.45, 7) is 7.81. The Morgan fingerprint density at radius 1 is 1.18 bits per heavy atom. The highest BCUT2D eigenvalue weighted by Gasteiger charge is 2.10. The summed E-state index contributed by atoms with van der Waals surface area (Å²) < 4.78 is 0. The van der Waals surface area contributed by atoms with Crippen molar-refractivity contribution >= 4 is 0 Å². The predicted molar refractivity (Wildman–Crippen MR) is 71.8 cm³/mol. The number of hydrogen-bond donors (Lipinski definition) is 1. The van der Waals surface area contributed by atoms with Crippen molar-refractivity contribution in [2.24, 2.45) is 5.92 Å². The van der Waals surface area contributed by atoms with Crippen LogP contribution in [-0.2, 0) is 0 Å². The number of hydrogen-bond acceptors (Lipinski definition) is 3. The zero-order chi connectivity index (χ0) is 12.5. The van der Waals surface area contributed by atoms with E-state index >= 15 is 0 Å². The van der Waals surface area contributed by atoms with Gasteiger partial charge < -0.3 is 5.32 Å². The Balaban J connectivity index is 2.48. The van der Waals surface area contributed by atoms with E-state index in [1.54, 1.807) is 6.33 Å². The molecule has 0 aromatic carbocycles. The van der Waals surface area contributed by atoms with Crippen LogP contribution in [0.1, 0.15) is 58.1 Å². The number of nitrogens with zero attached hydrogens (tertiary/aromatic N) is 2. The molecule has 17 heavy (non-hydrogen) atoms. The molecule has 0 aliphatic rings. The van der Waals surface area contributed by atoms with E-state index in [2.05, 4.69) is 36.1 Å². The highest BCUT2D eigenvalue weighted by molar-refractivity contribution is 5.08. The molecule has 0 fully saturated rings. The van der Waals surface area contributed by atoms with Gasteiger partial charge in [0.1, 0.15) is 6.33 Å². The van der Waals surface area contributed by atoms with Crippen LogP contribution in [0.15, 0.2) is 18.7 Å². The molecule has 1 atom stereocenters. The maximum absolute atomic E-state index is 4.11. The molecule has 0 saturated heterocycles. The Hall–Kier alpha value is -0.960. The Morgan fingerprint density at radius 3 is 2.47 bits per heavy atom. The van der Waals surface area contributed by atoms with E-state index in [0.29, 0.717) is 6.04 Å². The van der Waals surface area contributed by atoms with Crippen LogP contribution >= 0.6 is 0 Å². The second-order valence-electron chi connectivity index (χ2n) is 5.00. The van der Waals surface area contributed by atoms with Crippen molar-refractivity contribution in [3.05, 3.63) is 24.3 Å². The van der Waals surface area contributed by atoms with Gasteiger partial charge in [-0.3, -0.25) is 0 Å². The molecule has 0 spiro atoms. The fourth-order valence-electron chi connectivity index (χ4n) is 1.93. The molecule has 1 aromatic heterocycles. The van der Waals surface area contributed by atoms with Gasteiger partial charge in [0.05, 0.1) is 0 Å². The second-order valence-corrected chi connectivity index (χ2v) is 5.00.